The van der Waals surface area contributed by atoms with Gasteiger partial charge in [-0.25, -0.2) is 4.68 Å². The maximum atomic E-state index is 12.1. The molecular formula is C19H20N4O. The monoisotopic (exact) mass is 320 g/mol. The molecule has 4 rings (SSSR count). The Hall–Kier alpha value is -2.82. The third-order valence-electron chi connectivity index (χ3n) is 4.51. The van der Waals surface area contributed by atoms with Gasteiger partial charge in [0.1, 0.15) is 5.82 Å². The molecule has 1 amide bonds. The van der Waals surface area contributed by atoms with Crippen LogP contribution >= 0.6 is 0 Å². The Bertz CT molecular complexity index is 875. The summed E-state index contributed by atoms with van der Waals surface area (Å²) >= 11 is 0. The molecule has 122 valence electrons. The first kappa shape index (κ1) is 14.8. The molecule has 5 heteroatoms. The van der Waals surface area contributed by atoms with E-state index in [1.807, 2.05) is 41.0 Å². The van der Waals surface area contributed by atoms with Crippen LogP contribution in [0.3, 0.4) is 0 Å². The Morgan fingerprint density at radius 2 is 1.83 bits per heavy atom. The van der Waals surface area contributed by atoms with Gasteiger partial charge in [-0.3, -0.25) is 4.79 Å². The largest absolute Gasteiger partial charge is 0.332 e. The van der Waals surface area contributed by atoms with Crippen LogP contribution in [0.2, 0.25) is 0 Å². The molecule has 0 spiro atoms. The lowest BCUT2D eigenvalue weighted by Crippen LogP contribution is -2.25. The zero-order valence-corrected chi connectivity index (χ0v) is 13.9. The smallest absolute Gasteiger partial charge is 0.222 e. The van der Waals surface area contributed by atoms with Crippen molar-refractivity contribution in [1.29, 1.82) is 0 Å². The normalized spacial score (nSPS) is 13.3. The minimum absolute atomic E-state index is 0.174. The second-order valence-corrected chi connectivity index (χ2v) is 6.19. The molecule has 5 nitrogen and oxygen atoms in total. The van der Waals surface area contributed by atoms with Crippen molar-refractivity contribution in [2.24, 2.45) is 0 Å². The van der Waals surface area contributed by atoms with E-state index in [1.54, 1.807) is 0 Å². The minimum atomic E-state index is 0.174. The summed E-state index contributed by atoms with van der Waals surface area (Å²) in [5, 5.41) is 4.82. The van der Waals surface area contributed by atoms with Crippen molar-refractivity contribution >= 4 is 5.91 Å². The Morgan fingerprint density at radius 1 is 1.12 bits per heavy atom. The van der Waals surface area contributed by atoms with Crippen LogP contribution in [0.1, 0.15) is 30.2 Å². The molecule has 1 aliphatic heterocycles. The quantitative estimate of drug-likeness (QED) is 0.743. The van der Waals surface area contributed by atoms with Gasteiger partial charge in [0.15, 0.2) is 0 Å². The Morgan fingerprint density at radius 3 is 2.50 bits per heavy atom. The second kappa shape index (κ2) is 5.67. The van der Waals surface area contributed by atoms with Gasteiger partial charge in [0.05, 0.1) is 24.5 Å². The number of amides is 1. The molecule has 24 heavy (non-hydrogen) atoms. The van der Waals surface area contributed by atoms with Crippen LogP contribution in [0, 0.1) is 6.92 Å². The van der Waals surface area contributed by atoms with E-state index >= 15 is 0 Å². The number of carbonyl (C=O) groups is 1. The molecule has 1 aromatic carbocycles. The summed E-state index contributed by atoms with van der Waals surface area (Å²) < 4.78 is 4.06. The highest BCUT2D eigenvalue weighted by Crippen LogP contribution is 2.30. The first-order chi connectivity index (χ1) is 11.7. The molecule has 0 N–H and O–H groups in total. The van der Waals surface area contributed by atoms with Crippen molar-refractivity contribution in [3.8, 4) is 11.5 Å². The van der Waals surface area contributed by atoms with Gasteiger partial charge in [-0.05, 0) is 31.2 Å². The lowest BCUT2D eigenvalue weighted by atomic mass is 10.2. The fourth-order valence-electron chi connectivity index (χ4n) is 3.21. The summed E-state index contributed by atoms with van der Waals surface area (Å²) in [5.74, 6) is 1.19. The number of hydrogen-bond acceptors (Lipinski definition) is 2. The maximum absolute atomic E-state index is 12.1. The van der Waals surface area contributed by atoms with Gasteiger partial charge in [-0.15, -0.1) is 0 Å². The van der Waals surface area contributed by atoms with Crippen molar-refractivity contribution in [3.05, 3.63) is 65.6 Å². The summed E-state index contributed by atoms with van der Waals surface area (Å²) in [5.41, 5.74) is 4.38. The fourth-order valence-corrected chi connectivity index (χ4v) is 3.21. The van der Waals surface area contributed by atoms with Crippen LogP contribution in [-0.2, 0) is 17.9 Å². The molecule has 2 aromatic heterocycles. The summed E-state index contributed by atoms with van der Waals surface area (Å²) in [7, 11) is 0. The van der Waals surface area contributed by atoms with Crippen molar-refractivity contribution in [3.63, 3.8) is 0 Å². The molecule has 0 atom stereocenters. The molecule has 0 unspecified atom stereocenters. The molecule has 1 aliphatic rings. The topological polar surface area (TPSA) is 43.1 Å². The third-order valence-corrected chi connectivity index (χ3v) is 4.51. The van der Waals surface area contributed by atoms with Crippen LogP contribution in [0.4, 0.5) is 0 Å². The molecular weight excluding hydrogens is 300 g/mol. The first-order valence-electron chi connectivity index (χ1n) is 8.26. The number of fused-ring (bicyclic) bond motifs is 1. The van der Waals surface area contributed by atoms with Gasteiger partial charge >= 0.3 is 0 Å². The van der Waals surface area contributed by atoms with Gasteiger partial charge in [-0.1, -0.05) is 24.6 Å². The van der Waals surface area contributed by atoms with Crippen LogP contribution in [0.25, 0.3) is 11.5 Å². The SMILES string of the molecule is CCC(=O)N1Cc2nn(-c3ccc(C)cc3)c(-n3cccc3)c2C1. The van der Waals surface area contributed by atoms with E-state index in [2.05, 4.69) is 35.8 Å². The highest BCUT2D eigenvalue weighted by atomic mass is 16.2. The standard InChI is InChI=1S/C19H20N4O/c1-3-18(24)22-12-16-17(13-22)20-23(15-8-6-14(2)7-9-15)19(16)21-10-4-5-11-21/h4-11H,3,12-13H2,1-2H3. The van der Waals surface area contributed by atoms with Gasteiger partial charge in [-0.2, -0.15) is 5.10 Å². The van der Waals surface area contributed by atoms with Crippen molar-refractivity contribution < 1.29 is 4.79 Å². The predicted molar refractivity (Wildman–Crippen MR) is 92.2 cm³/mol. The number of carbonyl (C=O) groups excluding carboxylic acids is 1. The number of hydrogen-bond donors (Lipinski definition) is 0. The number of aromatic nitrogens is 3. The van der Waals surface area contributed by atoms with Crippen LogP contribution in [0.15, 0.2) is 48.8 Å². The summed E-state index contributed by atoms with van der Waals surface area (Å²) in [4.78, 5) is 13.9. The third kappa shape index (κ3) is 2.33. The zero-order valence-electron chi connectivity index (χ0n) is 13.9. The molecule has 0 saturated carbocycles. The van der Waals surface area contributed by atoms with E-state index in [9.17, 15) is 4.79 Å². The molecule has 0 radical (unpaired) electrons. The molecule has 0 aliphatic carbocycles. The van der Waals surface area contributed by atoms with E-state index in [-0.39, 0.29) is 5.91 Å². The first-order valence-corrected chi connectivity index (χ1v) is 8.26. The average Bonchev–Trinajstić information content (AvgIpc) is 3.29. The van der Waals surface area contributed by atoms with Crippen molar-refractivity contribution in [2.45, 2.75) is 33.4 Å². The lowest BCUT2D eigenvalue weighted by Gasteiger charge is -2.16. The van der Waals surface area contributed by atoms with Crippen LogP contribution < -0.4 is 0 Å². The maximum Gasteiger partial charge on any atom is 0.222 e. The molecule has 3 aromatic rings. The second-order valence-electron chi connectivity index (χ2n) is 6.19. The molecule has 3 heterocycles. The fraction of sp³-hybridized carbons (Fsp3) is 0.263. The van der Waals surface area contributed by atoms with Gasteiger partial charge in [0, 0.05) is 24.4 Å². The van der Waals surface area contributed by atoms with Crippen LogP contribution in [-0.4, -0.2) is 25.2 Å². The average molecular weight is 320 g/mol. The lowest BCUT2D eigenvalue weighted by molar-refractivity contribution is -0.131. The Kier molecular flexibility index (Phi) is 3.49. The number of aryl methyl sites for hydroxylation is 1. The van der Waals surface area contributed by atoms with Gasteiger partial charge in [0.2, 0.25) is 5.91 Å². The molecule has 0 saturated heterocycles. The summed E-state index contributed by atoms with van der Waals surface area (Å²) in [6, 6.07) is 12.4. The highest BCUT2D eigenvalue weighted by molar-refractivity contribution is 5.76. The molecule has 0 fully saturated rings. The number of nitrogens with zero attached hydrogens (tertiary/aromatic N) is 4. The minimum Gasteiger partial charge on any atom is -0.332 e. The Labute approximate surface area is 141 Å². The molecule has 0 bridgehead atoms. The zero-order chi connectivity index (χ0) is 16.7. The van der Waals surface area contributed by atoms with Gasteiger partial charge in [0.25, 0.3) is 0 Å². The highest BCUT2D eigenvalue weighted by Gasteiger charge is 2.30. The van der Waals surface area contributed by atoms with Gasteiger partial charge < -0.3 is 9.47 Å². The van der Waals surface area contributed by atoms with E-state index in [0.717, 1.165) is 22.8 Å². The summed E-state index contributed by atoms with van der Waals surface area (Å²) in [6.07, 6.45) is 4.57. The van der Waals surface area contributed by atoms with E-state index in [0.29, 0.717) is 19.5 Å². The van der Waals surface area contributed by atoms with E-state index in [1.165, 1.54) is 5.56 Å². The number of rotatable bonds is 3. The number of benzene rings is 1. The van der Waals surface area contributed by atoms with E-state index < -0.39 is 0 Å². The predicted octanol–water partition coefficient (Wildman–Crippen LogP) is 3.22. The van der Waals surface area contributed by atoms with Crippen molar-refractivity contribution in [1.82, 2.24) is 19.2 Å². The van der Waals surface area contributed by atoms with E-state index in [4.69, 9.17) is 5.10 Å². The van der Waals surface area contributed by atoms with Crippen molar-refractivity contribution in [2.75, 3.05) is 0 Å². The van der Waals surface area contributed by atoms with Crippen LogP contribution in [0.5, 0.6) is 0 Å². The summed E-state index contributed by atoms with van der Waals surface area (Å²) in [6.45, 7) is 5.20. The Balaban J connectivity index is 1.83.